The van der Waals surface area contributed by atoms with Crippen molar-refractivity contribution in [2.75, 3.05) is 14.2 Å². The normalized spacial score (nSPS) is 10.3. The average Bonchev–Trinajstić information content (AvgIpc) is 2.60. The van der Waals surface area contributed by atoms with Gasteiger partial charge in [0.15, 0.2) is 11.5 Å². The monoisotopic (exact) mass is 308 g/mol. The number of carbonyl (C=O) groups is 1. The van der Waals surface area contributed by atoms with E-state index in [-0.39, 0.29) is 0 Å². The third-order valence-corrected chi connectivity index (χ3v) is 3.55. The molecule has 3 rings (SSSR count). The highest BCUT2D eigenvalue weighted by molar-refractivity contribution is 5.92. The first kappa shape index (κ1) is 14.9. The SMILES string of the molecule is COc1ccc(C(=O)Oc2ccc3ccccc3c2)cc1OC. The summed E-state index contributed by atoms with van der Waals surface area (Å²) in [5.74, 6) is 1.11. The van der Waals surface area contributed by atoms with Crippen LogP contribution in [0.3, 0.4) is 0 Å². The largest absolute Gasteiger partial charge is 0.493 e. The van der Waals surface area contributed by atoms with Crippen LogP contribution in [0.2, 0.25) is 0 Å². The van der Waals surface area contributed by atoms with Crippen LogP contribution in [0.1, 0.15) is 10.4 Å². The lowest BCUT2D eigenvalue weighted by atomic mass is 10.1. The first-order valence-electron chi connectivity index (χ1n) is 7.14. The van der Waals surface area contributed by atoms with Crippen molar-refractivity contribution < 1.29 is 19.0 Å². The summed E-state index contributed by atoms with van der Waals surface area (Å²) in [4.78, 5) is 12.3. The van der Waals surface area contributed by atoms with Crippen LogP contribution in [-0.2, 0) is 0 Å². The Morgan fingerprint density at radius 2 is 1.52 bits per heavy atom. The molecule has 4 nitrogen and oxygen atoms in total. The predicted octanol–water partition coefficient (Wildman–Crippen LogP) is 4.08. The van der Waals surface area contributed by atoms with E-state index >= 15 is 0 Å². The van der Waals surface area contributed by atoms with Gasteiger partial charge in [-0.2, -0.15) is 0 Å². The smallest absolute Gasteiger partial charge is 0.343 e. The lowest BCUT2D eigenvalue weighted by molar-refractivity contribution is 0.0734. The van der Waals surface area contributed by atoms with Crippen LogP contribution in [0.4, 0.5) is 0 Å². The van der Waals surface area contributed by atoms with Crippen molar-refractivity contribution in [2.24, 2.45) is 0 Å². The standard InChI is InChI=1S/C19H16O4/c1-21-17-10-8-15(12-18(17)22-2)19(20)23-16-9-7-13-5-3-4-6-14(13)11-16/h3-12H,1-2H3. The molecular weight excluding hydrogens is 292 g/mol. The minimum atomic E-state index is -0.443. The first-order valence-corrected chi connectivity index (χ1v) is 7.14. The number of esters is 1. The van der Waals surface area contributed by atoms with E-state index in [9.17, 15) is 4.79 Å². The second kappa shape index (κ2) is 6.40. The molecule has 0 saturated heterocycles. The third-order valence-electron chi connectivity index (χ3n) is 3.55. The number of benzene rings is 3. The van der Waals surface area contributed by atoms with Crippen molar-refractivity contribution in [1.82, 2.24) is 0 Å². The van der Waals surface area contributed by atoms with Crippen molar-refractivity contribution in [3.05, 3.63) is 66.2 Å². The van der Waals surface area contributed by atoms with Gasteiger partial charge in [0.1, 0.15) is 5.75 Å². The predicted molar refractivity (Wildman–Crippen MR) is 88.5 cm³/mol. The lowest BCUT2D eigenvalue weighted by Gasteiger charge is -2.10. The molecule has 0 amide bonds. The van der Waals surface area contributed by atoms with Gasteiger partial charge in [-0.05, 0) is 41.1 Å². The summed E-state index contributed by atoms with van der Waals surface area (Å²) in [6.45, 7) is 0. The Bertz CT molecular complexity index is 855. The molecule has 0 unspecified atom stereocenters. The summed E-state index contributed by atoms with van der Waals surface area (Å²) < 4.78 is 15.8. The number of hydrogen-bond acceptors (Lipinski definition) is 4. The molecule has 0 aliphatic heterocycles. The van der Waals surface area contributed by atoms with E-state index in [4.69, 9.17) is 14.2 Å². The van der Waals surface area contributed by atoms with E-state index in [1.807, 2.05) is 36.4 Å². The second-order valence-corrected chi connectivity index (χ2v) is 4.97. The van der Waals surface area contributed by atoms with Crippen LogP contribution in [0.15, 0.2) is 60.7 Å². The van der Waals surface area contributed by atoms with Crippen LogP contribution in [0.25, 0.3) is 10.8 Å². The van der Waals surface area contributed by atoms with Crippen LogP contribution in [0.5, 0.6) is 17.2 Å². The molecule has 116 valence electrons. The van der Waals surface area contributed by atoms with Crippen LogP contribution < -0.4 is 14.2 Å². The molecule has 4 heteroatoms. The maximum Gasteiger partial charge on any atom is 0.343 e. The number of methoxy groups -OCH3 is 2. The third kappa shape index (κ3) is 3.11. The van der Waals surface area contributed by atoms with Crippen molar-refractivity contribution in [3.8, 4) is 17.2 Å². The molecule has 3 aromatic carbocycles. The Morgan fingerprint density at radius 3 is 2.26 bits per heavy atom. The zero-order valence-electron chi connectivity index (χ0n) is 12.9. The molecule has 0 saturated carbocycles. The van der Waals surface area contributed by atoms with Crippen molar-refractivity contribution in [2.45, 2.75) is 0 Å². The molecule has 0 heterocycles. The van der Waals surface area contributed by atoms with Gasteiger partial charge in [-0.15, -0.1) is 0 Å². The molecule has 0 aromatic heterocycles. The number of ether oxygens (including phenoxy) is 3. The summed E-state index contributed by atoms with van der Waals surface area (Å²) in [6.07, 6.45) is 0. The summed E-state index contributed by atoms with van der Waals surface area (Å²) in [6, 6.07) is 18.4. The van der Waals surface area contributed by atoms with Gasteiger partial charge < -0.3 is 14.2 Å². The van der Waals surface area contributed by atoms with Gasteiger partial charge in [0.05, 0.1) is 19.8 Å². The zero-order valence-corrected chi connectivity index (χ0v) is 12.9. The van der Waals surface area contributed by atoms with Gasteiger partial charge in [-0.3, -0.25) is 0 Å². The van der Waals surface area contributed by atoms with E-state index in [0.29, 0.717) is 22.8 Å². The van der Waals surface area contributed by atoms with Gasteiger partial charge in [0, 0.05) is 0 Å². The molecule has 0 aliphatic carbocycles. The van der Waals surface area contributed by atoms with E-state index < -0.39 is 5.97 Å². The van der Waals surface area contributed by atoms with Crippen LogP contribution in [-0.4, -0.2) is 20.2 Å². The van der Waals surface area contributed by atoms with Crippen molar-refractivity contribution >= 4 is 16.7 Å². The first-order chi connectivity index (χ1) is 11.2. The van der Waals surface area contributed by atoms with E-state index in [1.165, 1.54) is 7.11 Å². The van der Waals surface area contributed by atoms with Crippen LogP contribution in [0, 0.1) is 0 Å². The summed E-state index contributed by atoms with van der Waals surface area (Å²) in [5, 5.41) is 2.11. The molecule has 0 radical (unpaired) electrons. The maximum absolute atomic E-state index is 12.3. The molecule has 3 aromatic rings. The second-order valence-electron chi connectivity index (χ2n) is 4.97. The van der Waals surface area contributed by atoms with E-state index in [2.05, 4.69) is 0 Å². The molecule has 0 fully saturated rings. The number of hydrogen-bond donors (Lipinski definition) is 0. The molecule has 0 aliphatic rings. The zero-order chi connectivity index (χ0) is 16.2. The molecule has 0 bridgehead atoms. The lowest BCUT2D eigenvalue weighted by Crippen LogP contribution is -2.08. The average molecular weight is 308 g/mol. The topological polar surface area (TPSA) is 44.8 Å². The molecule has 23 heavy (non-hydrogen) atoms. The number of rotatable bonds is 4. The van der Waals surface area contributed by atoms with Crippen LogP contribution >= 0.6 is 0 Å². The fourth-order valence-corrected chi connectivity index (χ4v) is 2.36. The number of fused-ring (bicyclic) bond motifs is 1. The molecule has 0 atom stereocenters. The van der Waals surface area contributed by atoms with Crippen molar-refractivity contribution in [3.63, 3.8) is 0 Å². The summed E-state index contributed by atoms with van der Waals surface area (Å²) >= 11 is 0. The molecule has 0 spiro atoms. The van der Waals surface area contributed by atoms with Gasteiger partial charge in [0.2, 0.25) is 0 Å². The highest BCUT2D eigenvalue weighted by Gasteiger charge is 2.13. The van der Waals surface area contributed by atoms with Gasteiger partial charge in [0.25, 0.3) is 0 Å². The Balaban J connectivity index is 1.85. The minimum absolute atomic E-state index is 0.399. The van der Waals surface area contributed by atoms with E-state index in [1.54, 1.807) is 31.4 Å². The van der Waals surface area contributed by atoms with E-state index in [0.717, 1.165) is 10.8 Å². The molecule has 0 N–H and O–H groups in total. The van der Waals surface area contributed by atoms with Crippen molar-refractivity contribution in [1.29, 1.82) is 0 Å². The molecular formula is C19H16O4. The minimum Gasteiger partial charge on any atom is -0.493 e. The maximum atomic E-state index is 12.3. The number of carbonyl (C=O) groups excluding carboxylic acids is 1. The highest BCUT2D eigenvalue weighted by atomic mass is 16.5. The fourth-order valence-electron chi connectivity index (χ4n) is 2.36. The Morgan fingerprint density at radius 1 is 0.783 bits per heavy atom. The summed E-state index contributed by atoms with van der Waals surface area (Å²) in [7, 11) is 3.07. The Hall–Kier alpha value is -3.01. The fraction of sp³-hybridized carbons (Fsp3) is 0.105. The summed E-state index contributed by atoms with van der Waals surface area (Å²) in [5.41, 5.74) is 0.399. The Kier molecular flexibility index (Phi) is 4.15. The highest BCUT2D eigenvalue weighted by Crippen LogP contribution is 2.28. The Labute approximate surface area is 134 Å². The quantitative estimate of drug-likeness (QED) is 0.538. The van der Waals surface area contributed by atoms with Gasteiger partial charge >= 0.3 is 5.97 Å². The van der Waals surface area contributed by atoms with Gasteiger partial charge in [-0.25, -0.2) is 4.79 Å². The van der Waals surface area contributed by atoms with Gasteiger partial charge in [-0.1, -0.05) is 30.3 Å².